The molecule has 1 aromatic rings. The van der Waals surface area contributed by atoms with E-state index in [0.29, 0.717) is 55.7 Å². The topological polar surface area (TPSA) is 158 Å². The Morgan fingerprint density at radius 3 is 2.27 bits per heavy atom. The Kier molecular flexibility index (Phi) is 16.7. The van der Waals surface area contributed by atoms with E-state index in [-0.39, 0.29) is 36.1 Å². The predicted molar refractivity (Wildman–Crippen MR) is 232 cm³/mol. The number of nitrogens with zero attached hydrogens (tertiary/aromatic N) is 4. The summed E-state index contributed by atoms with van der Waals surface area (Å²) in [5.74, 6) is -1.41. The fraction of sp³-hybridized carbons (Fsp3) is 0.689. The number of carbonyl (C=O) groups excluding carboxylic acids is 5. The molecule has 0 aromatic heterocycles. The maximum atomic E-state index is 14.6. The summed E-state index contributed by atoms with van der Waals surface area (Å²) < 4.78 is 11.6. The molecule has 4 amide bonds. The summed E-state index contributed by atoms with van der Waals surface area (Å²) in [6.45, 7) is 17.6. The maximum Gasteiger partial charge on any atom is 0.329 e. The van der Waals surface area contributed by atoms with Gasteiger partial charge in [-0.2, -0.15) is 0 Å². The molecule has 4 rings (SSSR count). The number of hydrogen-bond acceptors (Lipinski definition) is 10. The number of aliphatic imine (C=N–C) groups is 1. The molecular weight excluding hydrogens is 771 g/mol. The van der Waals surface area contributed by atoms with Gasteiger partial charge in [0.1, 0.15) is 36.0 Å². The first kappa shape index (κ1) is 47.8. The van der Waals surface area contributed by atoms with E-state index in [2.05, 4.69) is 5.32 Å². The average Bonchev–Trinajstić information content (AvgIpc) is 3.89. The highest BCUT2D eigenvalue weighted by atomic mass is 32.2. The second-order valence-corrected chi connectivity index (χ2v) is 19.1. The van der Waals surface area contributed by atoms with Crippen molar-refractivity contribution in [3.05, 3.63) is 41.5 Å². The van der Waals surface area contributed by atoms with Crippen LogP contribution in [-0.4, -0.2) is 130 Å². The van der Waals surface area contributed by atoms with Crippen LogP contribution in [0.3, 0.4) is 0 Å². The van der Waals surface area contributed by atoms with Gasteiger partial charge in [0.2, 0.25) is 23.6 Å². The van der Waals surface area contributed by atoms with Crippen molar-refractivity contribution >= 4 is 46.4 Å². The van der Waals surface area contributed by atoms with Gasteiger partial charge in [-0.25, -0.2) is 4.79 Å². The van der Waals surface area contributed by atoms with Crippen LogP contribution in [-0.2, 0) is 35.1 Å². The number of carbonyl (C=O) groups is 5. The third kappa shape index (κ3) is 11.9. The Labute approximate surface area is 356 Å². The van der Waals surface area contributed by atoms with Gasteiger partial charge in [0, 0.05) is 44.3 Å². The maximum absolute atomic E-state index is 14.6. The van der Waals surface area contributed by atoms with Crippen LogP contribution in [0.4, 0.5) is 0 Å². The first-order chi connectivity index (χ1) is 27.7. The fourth-order valence-electron chi connectivity index (χ4n) is 8.11. The number of amides is 4. The summed E-state index contributed by atoms with van der Waals surface area (Å²) in [7, 11) is 4.67. The van der Waals surface area contributed by atoms with Crippen LogP contribution < -0.4 is 10.1 Å². The summed E-state index contributed by atoms with van der Waals surface area (Å²) >= 11 is 1.56. The summed E-state index contributed by atoms with van der Waals surface area (Å²) in [5.41, 5.74) is 0.758. The molecule has 2 bridgehead atoms. The van der Waals surface area contributed by atoms with E-state index in [9.17, 15) is 29.1 Å². The van der Waals surface area contributed by atoms with E-state index in [1.165, 1.54) is 16.8 Å². The minimum absolute atomic E-state index is 0.00274. The van der Waals surface area contributed by atoms with Crippen LogP contribution >= 0.6 is 11.8 Å². The van der Waals surface area contributed by atoms with Gasteiger partial charge in [-0.3, -0.25) is 24.2 Å². The van der Waals surface area contributed by atoms with E-state index in [0.717, 1.165) is 10.6 Å². The fourth-order valence-corrected chi connectivity index (χ4v) is 9.25. The van der Waals surface area contributed by atoms with E-state index in [1.54, 1.807) is 62.9 Å². The lowest BCUT2D eigenvalue weighted by molar-refractivity contribution is -0.166. The third-order valence-corrected chi connectivity index (χ3v) is 13.7. The Bertz CT molecular complexity index is 1730. The van der Waals surface area contributed by atoms with Crippen molar-refractivity contribution in [2.45, 2.75) is 143 Å². The van der Waals surface area contributed by atoms with Gasteiger partial charge in [-0.1, -0.05) is 73.1 Å². The highest BCUT2D eigenvalue weighted by Crippen LogP contribution is 2.34. The number of methoxy groups -OCH3 is 1. The summed E-state index contributed by atoms with van der Waals surface area (Å²) in [5, 5.41) is 15.2. The van der Waals surface area contributed by atoms with Crippen LogP contribution in [0.2, 0.25) is 0 Å². The van der Waals surface area contributed by atoms with Gasteiger partial charge < -0.3 is 34.6 Å². The van der Waals surface area contributed by atoms with Crippen LogP contribution in [0.1, 0.15) is 100.0 Å². The van der Waals surface area contributed by atoms with Crippen molar-refractivity contribution in [2.75, 3.05) is 33.5 Å². The molecule has 0 spiro atoms. The minimum atomic E-state index is -1.03. The SMILES string of the molecule is CC[C@H](C)[C@H]1C(=O)N2CCC[C@H]2C(=O)O[C@H](C(C)(C)C)C[C@@H](C)C[C@H](O)[C@H](C)C2=N[C@@H](C=C(C)C(=O)N[C@@H](Cc3ccc(OC)cc3)C(=O)N(C)[C@@H](C)C(=O)N1C)CS2. The summed E-state index contributed by atoms with van der Waals surface area (Å²) in [4.78, 5) is 80.4. The predicted octanol–water partition coefficient (Wildman–Crippen LogP) is 5.28. The molecular formula is C45H69N5O8S. The summed E-state index contributed by atoms with van der Waals surface area (Å²) in [6.07, 6.45) is 3.41. The number of aliphatic hydroxyl groups is 1. The van der Waals surface area contributed by atoms with Crippen LogP contribution in [0.15, 0.2) is 40.9 Å². The van der Waals surface area contributed by atoms with Gasteiger partial charge in [0.05, 0.1) is 24.3 Å². The Morgan fingerprint density at radius 2 is 1.66 bits per heavy atom. The molecule has 0 radical (unpaired) electrons. The van der Waals surface area contributed by atoms with E-state index >= 15 is 0 Å². The molecule has 0 aliphatic carbocycles. The molecule has 14 heteroatoms. The van der Waals surface area contributed by atoms with Gasteiger partial charge in [-0.15, -0.1) is 11.8 Å². The average molecular weight is 840 g/mol. The zero-order valence-electron chi connectivity index (χ0n) is 37.3. The quantitative estimate of drug-likeness (QED) is 0.377. The molecule has 0 unspecified atom stereocenters. The first-order valence-corrected chi connectivity index (χ1v) is 22.2. The van der Waals surface area contributed by atoms with Crippen LogP contribution in [0.5, 0.6) is 5.75 Å². The number of ether oxygens (including phenoxy) is 2. The van der Waals surface area contributed by atoms with E-state index in [4.69, 9.17) is 14.5 Å². The number of cyclic esters (lactones) is 1. The monoisotopic (exact) mass is 839 g/mol. The summed E-state index contributed by atoms with van der Waals surface area (Å²) in [6, 6.07) is 3.19. The molecule has 1 saturated heterocycles. The number of esters is 1. The Morgan fingerprint density at radius 1 is 1.00 bits per heavy atom. The van der Waals surface area contributed by atoms with Crippen LogP contribution in [0, 0.1) is 23.2 Å². The first-order valence-electron chi connectivity index (χ1n) is 21.2. The van der Waals surface area contributed by atoms with Gasteiger partial charge >= 0.3 is 5.97 Å². The number of thioether (sulfide) groups is 1. The van der Waals surface area contributed by atoms with Crippen molar-refractivity contribution in [2.24, 2.45) is 28.2 Å². The number of nitrogens with one attached hydrogen (secondary N) is 1. The molecule has 0 saturated carbocycles. The molecule has 10 atom stereocenters. The third-order valence-electron chi connectivity index (χ3n) is 12.4. The van der Waals surface area contributed by atoms with Crippen molar-refractivity contribution in [1.29, 1.82) is 0 Å². The lowest BCUT2D eigenvalue weighted by Crippen LogP contribution is -2.59. The van der Waals surface area contributed by atoms with Crippen molar-refractivity contribution in [1.82, 2.24) is 20.0 Å². The second kappa shape index (κ2) is 20.6. The number of likely N-dealkylation sites (N-methyl/N-ethyl adjacent to an activating group) is 2. The number of fused-ring (bicyclic) bond motifs is 2. The smallest absolute Gasteiger partial charge is 0.329 e. The van der Waals surface area contributed by atoms with Gasteiger partial charge in [0.15, 0.2) is 0 Å². The lowest BCUT2D eigenvalue weighted by atomic mass is 9.81. The molecule has 3 aliphatic rings. The highest BCUT2D eigenvalue weighted by molar-refractivity contribution is 8.14. The molecule has 328 valence electrons. The Hall–Kier alpha value is -3.91. The number of hydrogen-bond donors (Lipinski definition) is 2. The van der Waals surface area contributed by atoms with Crippen LogP contribution in [0.25, 0.3) is 0 Å². The molecule has 3 heterocycles. The molecule has 59 heavy (non-hydrogen) atoms. The van der Waals surface area contributed by atoms with Crippen molar-refractivity contribution in [3.63, 3.8) is 0 Å². The molecule has 3 aliphatic heterocycles. The number of benzene rings is 1. The molecule has 13 nitrogen and oxygen atoms in total. The zero-order valence-corrected chi connectivity index (χ0v) is 38.1. The van der Waals surface area contributed by atoms with E-state index in [1.807, 2.05) is 60.6 Å². The normalized spacial score (nSPS) is 30.8. The zero-order chi connectivity index (χ0) is 43.9. The second-order valence-electron chi connectivity index (χ2n) is 18.1. The van der Waals surface area contributed by atoms with Gasteiger partial charge in [0.25, 0.3) is 0 Å². The van der Waals surface area contributed by atoms with Crippen molar-refractivity contribution in [3.8, 4) is 5.75 Å². The molecule has 1 aromatic carbocycles. The number of aliphatic hydroxyl groups excluding tert-OH is 1. The lowest BCUT2D eigenvalue weighted by Gasteiger charge is -2.39. The van der Waals surface area contributed by atoms with Gasteiger partial charge in [-0.05, 0) is 74.5 Å². The van der Waals surface area contributed by atoms with Crippen molar-refractivity contribution < 1.29 is 38.6 Å². The number of rotatable bonds is 5. The molecule has 1 fully saturated rings. The minimum Gasteiger partial charge on any atom is -0.497 e. The standard InChI is InChI=1S/C45H69N5O8S/c1-13-27(3)38-43(55)50-20-14-15-35(50)44(56)58-37(45(7,8)9)22-26(2)21-36(51)29(5)40-46-32(25-59-40)23-28(4)39(52)47-34(24-31-16-18-33(57-12)19-17-31)42(54)48(10)30(6)41(53)49(38)11/h16-19,23,26-27,29-30,32,34-38,51H,13-15,20-22,24-25H2,1-12H3,(H,47,52)/t26-,27-,29-,30-,32-,34-,35-,36-,37-,38-/m0/s1. The highest BCUT2D eigenvalue weighted by Gasteiger charge is 2.44. The molecule has 2 N–H and O–H groups in total. The Balaban J connectivity index is 1.74. The van der Waals surface area contributed by atoms with E-state index < -0.39 is 65.5 Å². The largest absolute Gasteiger partial charge is 0.497 e.